The van der Waals surface area contributed by atoms with Gasteiger partial charge in [-0.2, -0.15) is 0 Å². The van der Waals surface area contributed by atoms with Crippen molar-refractivity contribution in [1.82, 2.24) is 4.31 Å². The van der Waals surface area contributed by atoms with Crippen LogP contribution in [-0.2, 0) is 14.8 Å². The van der Waals surface area contributed by atoms with Crippen LogP contribution in [0.2, 0.25) is 0 Å². The van der Waals surface area contributed by atoms with Crippen molar-refractivity contribution in [2.24, 2.45) is 0 Å². The Balaban J connectivity index is 2.44. The van der Waals surface area contributed by atoms with E-state index in [-0.39, 0.29) is 22.3 Å². The van der Waals surface area contributed by atoms with Gasteiger partial charge in [0, 0.05) is 13.0 Å². The number of benzene rings is 1. The monoisotopic (exact) mass is 321 g/mol. The SMILES string of the molecule is O=C1CCCN1S(=O)(=O)c1ccc(Br)c(F)c1. The van der Waals surface area contributed by atoms with Gasteiger partial charge in [-0.15, -0.1) is 0 Å². The third-order valence-corrected chi connectivity index (χ3v) is 4.97. The van der Waals surface area contributed by atoms with Gasteiger partial charge >= 0.3 is 0 Å². The first-order valence-electron chi connectivity index (χ1n) is 4.93. The van der Waals surface area contributed by atoms with E-state index in [0.717, 1.165) is 10.4 Å². The summed E-state index contributed by atoms with van der Waals surface area (Å²) in [6.07, 6.45) is 0.731. The molecule has 0 aliphatic carbocycles. The standard InChI is InChI=1S/C10H9BrFNO3S/c11-8-4-3-7(6-9(8)12)17(15,16)13-5-1-2-10(13)14/h3-4,6H,1-2,5H2. The van der Waals surface area contributed by atoms with Gasteiger partial charge in [0.25, 0.3) is 10.0 Å². The van der Waals surface area contributed by atoms with Crippen molar-refractivity contribution in [2.45, 2.75) is 17.7 Å². The Labute approximate surface area is 107 Å². The highest BCUT2D eigenvalue weighted by atomic mass is 79.9. The van der Waals surface area contributed by atoms with Gasteiger partial charge in [-0.1, -0.05) is 0 Å². The second-order valence-corrected chi connectivity index (χ2v) is 6.37. The van der Waals surface area contributed by atoms with E-state index in [1.54, 1.807) is 0 Å². The lowest BCUT2D eigenvalue weighted by Crippen LogP contribution is -2.31. The van der Waals surface area contributed by atoms with E-state index in [1.807, 2.05) is 0 Å². The predicted octanol–water partition coefficient (Wildman–Crippen LogP) is 1.90. The van der Waals surface area contributed by atoms with E-state index in [9.17, 15) is 17.6 Å². The minimum absolute atomic E-state index is 0.166. The van der Waals surface area contributed by atoms with Crippen molar-refractivity contribution in [1.29, 1.82) is 0 Å². The topological polar surface area (TPSA) is 54.5 Å². The molecule has 0 radical (unpaired) electrons. The summed E-state index contributed by atoms with van der Waals surface area (Å²) >= 11 is 2.94. The normalized spacial score (nSPS) is 16.6. The molecule has 1 fully saturated rings. The fourth-order valence-corrected chi connectivity index (χ4v) is 3.36. The van der Waals surface area contributed by atoms with Crippen LogP contribution >= 0.6 is 15.9 Å². The zero-order valence-electron chi connectivity index (χ0n) is 8.69. The van der Waals surface area contributed by atoms with Crippen LogP contribution in [0, 0.1) is 5.82 Å². The Morgan fingerprint density at radius 1 is 1.35 bits per heavy atom. The van der Waals surface area contributed by atoms with Crippen molar-refractivity contribution < 1.29 is 17.6 Å². The van der Waals surface area contributed by atoms with Crippen LogP contribution in [0.5, 0.6) is 0 Å². The lowest BCUT2D eigenvalue weighted by atomic mass is 10.3. The molecule has 1 aromatic rings. The molecule has 1 aromatic carbocycles. The molecule has 1 aliphatic rings. The highest BCUT2D eigenvalue weighted by molar-refractivity contribution is 9.10. The third kappa shape index (κ3) is 2.21. The number of sulfonamides is 1. The molecular weight excluding hydrogens is 313 g/mol. The number of carbonyl (C=O) groups excluding carboxylic acids is 1. The van der Waals surface area contributed by atoms with Gasteiger partial charge in [-0.25, -0.2) is 17.1 Å². The van der Waals surface area contributed by atoms with Crippen LogP contribution in [0.25, 0.3) is 0 Å². The molecule has 1 aliphatic heterocycles. The summed E-state index contributed by atoms with van der Waals surface area (Å²) < 4.78 is 38.3. The van der Waals surface area contributed by atoms with Crippen molar-refractivity contribution in [2.75, 3.05) is 6.54 Å². The molecule has 1 heterocycles. The minimum atomic E-state index is -3.90. The van der Waals surface area contributed by atoms with E-state index in [0.29, 0.717) is 6.42 Å². The fraction of sp³-hybridized carbons (Fsp3) is 0.300. The predicted molar refractivity (Wildman–Crippen MR) is 62.2 cm³/mol. The molecule has 1 amide bonds. The van der Waals surface area contributed by atoms with Crippen molar-refractivity contribution in [3.05, 3.63) is 28.5 Å². The quantitative estimate of drug-likeness (QED) is 0.836. The first-order chi connectivity index (χ1) is 7.93. The molecule has 0 N–H and O–H groups in total. The fourth-order valence-electron chi connectivity index (χ4n) is 1.64. The molecular formula is C10H9BrFNO3S. The van der Waals surface area contributed by atoms with Gasteiger partial charge in [0.1, 0.15) is 5.82 Å². The number of amides is 1. The van der Waals surface area contributed by atoms with E-state index < -0.39 is 21.7 Å². The first-order valence-corrected chi connectivity index (χ1v) is 7.17. The van der Waals surface area contributed by atoms with Crippen molar-refractivity contribution in [3.63, 3.8) is 0 Å². The molecule has 2 rings (SSSR count). The van der Waals surface area contributed by atoms with Crippen LogP contribution in [0.4, 0.5) is 4.39 Å². The maximum absolute atomic E-state index is 13.3. The van der Waals surface area contributed by atoms with Crippen LogP contribution in [0.1, 0.15) is 12.8 Å². The molecule has 1 saturated heterocycles. The smallest absolute Gasteiger partial charge is 0.266 e. The zero-order valence-corrected chi connectivity index (χ0v) is 11.1. The molecule has 4 nitrogen and oxygen atoms in total. The largest absolute Gasteiger partial charge is 0.274 e. The van der Waals surface area contributed by atoms with Gasteiger partial charge in [-0.3, -0.25) is 4.79 Å². The second-order valence-electron chi connectivity index (χ2n) is 3.65. The molecule has 0 atom stereocenters. The summed E-state index contributed by atoms with van der Waals surface area (Å²) in [4.78, 5) is 11.2. The second kappa shape index (κ2) is 4.38. The Morgan fingerprint density at radius 2 is 2.06 bits per heavy atom. The summed E-state index contributed by atoms with van der Waals surface area (Å²) in [5.41, 5.74) is 0. The number of hydrogen-bond acceptors (Lipinski definition) is 3. The van der Waals surface area contributed by atoms with E-state index >= 15 is 0 Å². The van der Waals surface area contributed by atoms with Gasteiger partial charge in [0.2, 0.25) is 5.91 Å². The Morgan fingerprint density at radius 3 is 2.59 bits per heavy atom. The summed E-state index contributed by atoms with van der Waals surface area (Å²) in [7, 11) is -3.90. The van der Waals surface area contributed by atoms with Gasteiger partial charge < -0.3 is 0 Å². The highest BCUT2D eigenvalue weighted by Gasteiger charge is 2.33. The van der Waals surface area contributed by atoms with Crippen LogP contribution in [0.15, 0.2) is 27.6 Å². The number of rotatable bonds is 2. The molecule has 7 heteroatoms. The summed E-state index contributed by atoms with van der Waals surface area (Å²) in [6.45, 7) is 0.166. The molecule has 92 valence electrons. The number of halogens is 2. The lowest BCUT2D eigenvalue weighted by Gasteiger charge is -2.16. The van der Waals surface area contributed by atoms with Gasteiger partial charge in [0.05, 0.1) is 9.37 Å². The molecule has 0 spiro atoms. The Kier molecular flexibility index (Phi) is 3.22. The van der Waals surface area contributed by atoms with Gasteiger partial charge in [0.15, 0.2) is 0 Å². The molecule has 0 saturated carbocycles. The Bertz CT molecular complexity index is 573. The lowest BCUT2D eigenvalue weighted by molar-refractivity contribution is -0.123. The highest BCUT2D eigenvalue weighted by Crippen LogP contribution is 2.25. The Hall–Kier alpha value is -0.950. The minimum Gasteiger partial charge on any atom is -0.274 e. The van der Waals surface area contributed by atoms with E-state index in [2.05, 4.69) is 15.9 Å². The average molecular weight is 322 g/mol. The summed E-state index contributed by atoms with van der Waals surface area (Å²) in [5, 5.41) is 0. The molecule has 0 aromatic heterocycles. The van der Waals surface area contributed by atoms with Crippen molar-refractivity contribution >= 4 is 31.9 Å². The summed E-state index contributed by atoms with van der Waals surface area (Å²) in [6, 6.07) is 3.49. The van der Waals surface area contributed by atoms with E-state index in [4.69, 9.17) is 0 Å². The van der Waals surface area contributed by atoms with E-state index in [1.165, 1.54) is 12.1 Å². The number of hydrogen-bond donors (Lipinski definition) is 0. The molecule has 0 unspecified atom stereocenters. The first kappa shape index (κ1) is 12.5. The maximum atomic E-state index is 13.3. The van der Waals surface area contributed by atoms with Crippen LogP contribution < -0.4 is 0 Å². The third-order valence-electron chi connectivity index (χ3n) is 2.51. The number of carbonyl (C=O) groups is 1. The average Bonchev–Trinajstić information content (AvgIpc) is 2.69. The molecule has 17 heavy (non-hydrogen) atoms. The van der Waals surface area contributed by atoms with Crippen LogP contribution in [-0.4, -0.2) is 25.2 Å². The molecule has 0 bridgehead atoms. The van der Waals surface area contributed by atoms with Crippen molar-refractivity contribution in [3.8, 4) is 0 Å². The summed E-state index contributed by atoms with van der Waals surface area (Å²) in [5.74, 6) is -1.11. The zero-order chi connectivity index (χ0) is 12.6. The number of nitrogens with zero attached hydrogens (tertiary/aromatic N) is 1. The van der Waals surface area contributed by atoms with Crippen LogP contribution in [0.3, 0.4) is 0 Å². The van der Waals surface area contributed by atoms with Gasteiger partial charge in [-0.05, 0) is 40.5 Å². The maximum Gasteiger partial charge on any atom is 0.266 e.